The fraction of sp³-hybridized carbons (Fsp3) is 0.611. The molecular weight excluding hydrogens is 310 g/mol. The van der Waals surface area contributed by atoms with Crippen LogP contribution in [-0.2, 0) is 4.79 Å². The second-order valence-electron chi connectivity index (χ2n) is 6.31. The predicted molar refractivity (Wildman–Crippen MR) is 92.3 cm³/mol. The molecule has 0 saturated heterocycles. The molecule has 1 aliphatic carbocycles. The molecule has 23 heavy (non-hydrogen) atoms. The quantitative estimate of drug-likeness (QED) is 0.835. The van der Waals surface area contributed by atoms with Gasteiger partial charge in [0.15, 0.2) is 11.5 Å². The average molecular weight is 335 g/mol. The smallest absolute Gasteiger partial charge is 0.233 e. The lowest BCUT2D eigenvalue weighted by molar-refractivity contribution is -0.120. The monoisotopic (exact) mass is 335 g/mol. The summed E-state index contributed by atoms with van der Waals surface area (Å²) in [5, 5.41) is 3.01. The molecule has 1 atom stereocenters. The normalized spacial score (nSPS) is 19.2. The molecule has 1 aliphatic heterocycles. The molecule has 0 bridgehead atoms. The van der Waals surface area contributed by atoms with Crippen molar-refractivity contribution < 1.29 is 14.3 Å². The van der Waals surface area contributed by atoms with E-state index in [0.29, 0.717) is 19.1 Å². The summed E-state index contributed by atoms with van der Waals surface area (Å²) in [7, 11) is 0. The second kappa shape index (κ2) is 7.95. The van der Waals surface area contributed by atoms with Gasteiger partial charge in [-0.3, -0.25) is 4.79 Å². The fourth-order valence-corrected chi connectivity index (χ4v) is 4.05. The van der Waals surface area contributed by atoms with Crippen LogP contribution in [0.15, 0.2) is 23.1 Å². The van der Waals surface area contributed by atoms with Crippen molar-refractivity contribution in [3.8, 4) is 11.5 Å². The molecule has 2 aliphatic rings. The zero-order valence-electron chi connectivity index (χ0n) is 13.7. The molecule has 3 rings (SSSR count). The third-order valence-electron chi connectivity index (χ3n) is 4.49. The van der Waals surface area contributed by atoms with Crippen LogP contribution >= 0.6 is 11.8 Å². The van der Waals surface area contributed by atoms with Crippen LogP contribution in [0.4, 0.5) is 0 Å². The van der Waals surface area contributed by atoms with E-state index in [9.17, 15) is 4.79 Å². The number of rotatable bonds is 5. The Hall–Kier alpha value is -1.36. The summed E-state index contributed by atoms with van der Waals surface area (Å²) in [5.74, 6) is 2.35. The highest BCUT2D eigenvalue weighted by Crippen LogP contribution is 2.35. The summed E-state index contributed by atoms with van der Waals surface area (Å²) in [6.07, 6.45) is 6.47. The lowest BCUT2D eigenvalue weighted by Crippen LogP contribution is -2.35. The van der Waals surface area contributed by atoms with E-state index in [1.54, 1.807) is 11.8 Å². The molecule has 1 aromatic rings. The average Bonchev–Trinajstić information content (AvgIpc) is 2.60. The van der Waals surface area contributed by atoms with Gasteiger partial charge in [-0.2, -0.15) is 0 Å². The highest BCUT2D eigenvalue weighted by molar-refractivity contribution is 8.00. The summed E-state index contributed by atoms with van der Waals surface area (Å²) >= 11 is 1.56. The van der Waals surface area contributed by atoms with Gasteiger partial charge in [-0.25, -0.2) is 0 Å². The molecule has 0 radical (unpaired) electrons. The van der Waals surface area contributed by atoms with Crippen molar-refractivity contribution in [1.82, 2.24) is 5.32 Å². The Balaban J connectivity index is 1.49. The Bertz CT molecular complexity index is 543. The van der Waals surface area contributed by atoms with Crippen molar-refractivity contribution in [2.45, 2.75) is 49.2 Å². The zero-order valence-corrected chi connectivity index (χ0v) is 14.5. The van der Waals surface area contributed by atoms with Crippen LogP contribution in [0.1, 0.15) is 39.0 Å². The number of carbonyl (C=O) groups is 1. The molecule has 1 saturated carbocycles. The third-order valence-corrected chi connectivity index (χ3v) is 5.58. The summed E-state index contributed by atoms with van der Waals surface area (Å²) in [4.78, 5) is 13.3. The molecule has 126 valence electrons. The maximum absolute atomic E-state index is 12.3. The van der Waals surface area contributed by atoms with Crippen molar-refractivity contribution in [1.29, 1.82) is 0 Å². The number of fused-ring (bicyclic) bond motifs is 1. The first kappa shape index (κ1) is 16.5. The van der Waals surface area contributed by atoms with Gasteiger partial charge >= 0.3 is 0 Å². The first-order valence-corrected chi connectivity index (χ1v) is 9.44. The number of carbonyl (C=O) groups excluding carboxylic acids is 1. The predicted octanol–water partition coefficient (Wildman–Crippen LogP) is 3.63. The Morgan fingerprint density at radius 3 is 2.74 bits per heavy atom. The molecule has 0 unspecified atom stereocenters. The molecule has 1 aromatic carbocycles. The Morgan fingerprint density at radius 1 is 1.22 bits per heavy atom. The fourth-order valence-electron chi connectivity index (χ4n) is 3.13. The van der Waals surface area contributed by atoms with E-state index in [-0.39, 0.29) is 11.2 Å². The lowest BCUT2D eigenvalue weighted by Gasteiger charge is -2.23. The van der Waals surface area contributed by atoms with Gasteiger partial charge in [0.05, 0.1) is 5.25 Å². The van der Waals surface area contributed by atoms with Crippen molar-refractivity contribution >= 4 is 17.7 Å². The van der Waals surface area contributed by atoms with Gasteiger partial charge in [-0.1, -0.05) is 19.3 Å². The Morgan fingerprint density at radius 2 is 1.96 bits per heavy atom. The maximum Gasteiger partial charge on any atom is 0.233 e. The molecule has 1 amide bonds. The summed E-state index contributed by atoms with van der Waals surface area (Å²) in [5.41, 5.74) is 0. The number of ether oxygens (including phenoxy) is 2. The lowest BCUT2D eigenvalue weighted by atomic mass is 9.89. The minimum atomic E-state index is -0.110. The minimum Gasteiger partial charge on any atom is -0.486 e. The SMILES string of the molecule is C[C@@H](Sc1ccc2c(c1)OCCO2)C(=O)NCC1CCCCC1. The summed E-state index contributed by atoms with van der Waals surface area (Å²) in [6, 6.07) is 5.87. The molecule has 1 heterocycles. The summed E-state index contributed by atoms with van der Waals surface area (Å²) in [6.45, 7) is 3.96. The van der Waals surface area contributed by atoms with Gasteiger partial charge in [0.1, 0.15) is 13.2 Å². The van der Waals surface area contributed by atoms with Gasteiger partial charge in [-0.15, -0.1) is 11.8 Å². The van der Waals surface area contributed by atoms with E-state index in [1.165, 1.54) is 32.1 Å². The van der Waals surface area contributed by atoms with Crippen molar-refractivity contribution in [2.75, 3.05) is 19.8 Å². The van der Waals surface area contributed by atoms with E-state index in [4.69, 9.17) is 9.47 Å². The van der Waals surface area contributed by atoms with Crippen molar-refractivity contribution in [3.63, 3.8) is 0 Å². The number of amides is 1. The standard InChI is InChI=1S/C18H25NO3S/c1-13(18(20)19-12-14-5-3-2-4-6-14)23-15-7-8-16-17(11-15)22-10-9-21-16/h7-8,11,13-14H,2-6,9-10,12H2,1H3,(H,19,20)/t13-/m1/s1. The molecule has 1 N–H and O–H groups in total. The van der Waals surface area contributed by atoms with Crippen LogP contribution in [0.5, 0.6) is 11.5 Å². The van der Waals surface area contributed by atoms with Gasteiger partial charge in [0, 0.05) is 11.4 Å². The molecule has 1 fully saturated rings. The van der Waals surface area contributed by atoms with Crippen molar-refractivity contribution in [3.05, 3.63) is 18.2 Å². The molecule has 4 nitrogen and oxygen atoms in total. The van der Waals surface area contributed by atoms with Gasteiger partial charge in [0.25, 0.3) is 0 Å². The Kier molecular flexibility index (Phi) is 5.70. The van der Waals surface area contributed by atoms with Crippen LogP contribution in [0.3, 0.4) is 0 Å². The topological polar surface area (TPSA) is 47.6 Å². The molecular formula is C18H25NO3S. The summed E-state index contributed by atoms with van der Waals surface area (Å²) < 4.78 is 11.1. The van der Waals surface area contributed by atoms with E-state index < -0.39 is 0 Å². The van der Waals surface area contributed by atoms with Crippen LogP contribution in [0.25, 0.3) is 0 Å². The first-order chi connectivity index (χ1) is 11.2. The zero-order chi connectivity index (χ0) is 16.1. The Labute approximate surface area is 142 Å². The van der Waals surface area contributed by atoms with Gasteiger partial charge in [0.2, 0.25) is 5.91 Å². The molecule has 5 heteroatoms. The van der Waals surface area contributed by atoms with Crippen LogP contribution < -0.4 is 14.8 Å². The van der Waals surface area contributed by atoms with Crippen molar-refractivity contribution in [2.24, 2.45) is 5.92 Å². The molecule has 0 spiro atoms. The van der Waals surface area contributed by atoms with E-state index in [0.717, 1.165) is 22.9 Å². The van der Waals surface area contributed by atoms with Gasteiger partial charge < -0.3 is 14.8 Å². The highest BCUT2D eigenvalue weighted by Gasteiger charge is 2.19. The largest absolute Gasteiger partial charge is 0.486 e. The van der Waals surface area contributed by atoms with Crippen LogP contribution in [-0.4, -0.2) is 30.9 Å². The number of hydrogen-bond acceptors (Lipinski definition) is 4. The van der Waals surface area contributed by atoms with Crippen LogP contribution in [0.2, 0.25) is 0 Å². The number of thioether (sulfide) groups is 1. The van der Waals surface area contributed by atoms with E-state index in [1.807, 2.05) is 25.1 Å². The second-order valence-corrected chi connectivity index (χ2v) is 7.73. The molecule has 0 aromatic heterocycles. The number of benzene rings is 1. The number of nitrogens with one attached hydrogen (secondary N) is 1. The minimum absolute atomic E-state index is 0.110. The van der Waals surface area contributed by atoms with E-state index >= 15 is 0 Å². The van der Waals surface area contributed by atoms with Gasteiger partial charge in [-0.05, 0) is 43.9 Å². The maximum atomic E-state index is 12.3. The number of hydrogen-bond donors (Lipinski definition) is 1. The first-order valence-electron chi connectivity index (χ1n) is 8.56. The van der Waals surface area contributed by atoms with E-state index in [2.05, 4.69) is 5.32 Å². The highest BCUT2D eigenvalue weighted by atomic mass is 32.2. The third kappa shape index (κ3) is 4.56. The van der Waals surface area contributed by atoms with Crippen LogP contribution in [0, 0.1) is 5.92 Å².